The van der Waals surface area contributed by atoms with Crippen molar-refractivity contribution in [1.29, 1.82) is 0 Å². The molecule has 0 amide bonds. The molecule has 0 radical (unpaired) electrons. The number of allylic oxidation sites excluding steroid dienone is 1. The molecule has 2 saturated carbocycles. The van der Waals surface area contributed by atoms with Crippen LogP contribution in [0.5, 0.6) is 5.75 Å². The average molecular weight is 581 g/mol. The number of aliphatic hydroxyl groups is 2. The monoisotopic (exact) mass is 580 g/mol. The van der Waals surface area contributed by atoms with E-state index >= 15 is 0 Å². The second-order valence-electron chi connectivity index (χ2n) is 12.5. The first kappa shape index (κ1) is 31.1. The number of hydrogen-bond acceptors (Lipinski definition) is 3. The van der Waals surface area contributed by atoms with E-state index in [0.29, 0.717) is 19.3 Å². The minimum absolute atomic E-state index is 0.115. The fourth-order valence-electron chi connectivity index (χ4n) is 8.37. The Kier molecular flexibility index (Phi) is 8.40. The number of alkyl halides is 7. The highest BCUT2D eigenvalue weighted by atomic mass is 19.4. The number of phenolic OH excluding ortho intramolecular Hbond substituents is 1. The van der Waals surface area contributed by atoms with Crippen molar-refractivity contribution >= 4 is 0 Å². The number of rotatable bonds is 10. The van der Waals surface area contributed by atoms with Crippen LogP contribution in [0.3, 0.4) is 0 Å². The minimum Gasteiger partial charge on any atom is -0.508 e. The van der Waals surface area contributed by atoms with Gasteiger partial charge in [0.05, 0.1) is 6.10 Å². The third-order valence-electron chi connectivity index (χ3n) is 10.4. The smallest absolute Gasteiger partial charge is 0.459 e. The van der Waals surface area contributed by atoms with Crippen LogP contribution in [-0.2, 0) is 6.42 Å². The lowest BCUT2D eigenvalue weighted by molar-refractivity contribution is -0.371. The summed E-state index contributed by atoms with van der Waals surface area (Å²) in [5.41, 5.74) is 1.76. The van der Waals surface area contributed by atoms with Gasteiger partial charge in [0.1, 0.15) is 11.9 Å². The summed E-state index contributed by atoms with van der Waals surface area (Å²) in [7, 11) is 0. The fourth-order valence-corrected chi connectivity index (χ4v) is 8.37. The van der Waals surface area contributed by atoms with Crippen LogP contribution < -0.4 is 0 Å². The normalized spacial score (nSPS) is 33.1. The number of fused-ring (bicyclic) bond motifs is 5. The molecule has 0 heterocycles. The van der Waals surface area contributed by atoms with E-state index < -0.39 is 36.7 Å². The molecule has 0 aliphatic heterocycles. The van der Waals surface area contributed by atoms with E-state index in [2.05, 4.69) is 19.6 Å². The van der Waals surface area contributed by atoms with Gasteiger partial charge in [-0.1, -0.05) is 44.7 Å². The zero-order valence-electron chi connectivity index (χ0n) is 22.7. The first-order valence-corrected chi connectivity index (χ1v) is 14.2. The van der Waals surface area contributed by atoms with Crippen molar-refractivity contribution in [2.24, 2.45) is 22.7 Å². The summed E-state index contributed by atoms with van der Waals surface area (Å²) >= 11 is 0. The summed E-state index contributed by atoms with van der Waals surface area (Å²) in [5, 5.41) is 30.6. The zero-order valence-corrected chi connectivity index (χ0v) is 22.7. The van der Waals surface area contributed by atoms with E-state index in [4.69, 9.17) is 0 Å². The Morgan fingerprint density at radius 2 is 1.73 bits per heavy atom. The van der Waals surface area contributed by atoms with Gasteiger partial charge in [0.25, 0.3) is 0 Å². The number of halogens is 7. The maximum Gasteiger partial charge on any atom is 0.459 e. The largest absolute Gasteiger partial charge is 0.508 e. The molecular formula is C30H39F7O3. The second kappa shape index (κ2) is 10.8. The molecule has 0 spiro atoms. The maximum atomic E-state index is 13.7. The van der Waals surface area contributed by atoms with Gasteiger partial charge in [-0.15, -0.1) is 6.58 Å². The molecule has 226 valence electrons. The van der Waals surface area contributed by atoms with E-state index in [1.807, 2.05) is 6.07 Å². The van der Waals surface area contributed by atoms with E-state index in [1.54, 1.807) is 12.1 Å². The number of unbranched alkanes of at least 4 members (excludes halogenated alkanes) is 3. The van der Waals surface area contributed by atoms with Crippen molar-refractivity contribution in [2.75, 3.05) is 0 Å². The molecule has 0 aromatic heterocycles. The summed E-state index contributed by atoms with van der Waals surface area (Å²) < 4.78 is 91.0. The highest BCUT2D eigenvalue weighted by Gasteiger charge is 2.75. The Bertz CT molecular complexity index is 1070. The first-order valence-electron chi connectivity index (χ1n) is 14.2. The van der Waals surface area contributed by atoms with Crippen LogP contribution >= 0.6 is 0 Å². The predicted molar refractivity (Wildman–Crippen MR) is 136 cm³/mol. The van der Waals surface area contributed by atoms with E-state index in [-0.39, 0.29) is 40.8 Å². The van der Waals surface area contributed by atoms with Crippen molar-refractivity contribution in [3.63, 3.8) is 0 Å². The predicted octanol–water partition coefficient (Wildman–Crippen LogP) is 7.93. The first-order chi connectivity index (χ1) is 18.5. The van der Waals surface area contributed by atoms with Crippen molar-refractivity contribution in [2.45, 2.75) is 114 Å². The number of aromatic hydroxyl groups is 1. The van der Waals surface area contributed by atoms with Gasteiger partial charge in [0, 0.05) is 0 Å². The molecule has 0 bridgehead atoms. The summed E-state index contributed by atoms with van der Waals surface area (Å²) in [6.45, 7) is 6.40. The lowest BCUT2D eigenvalue weighted by Crippen LogP contribution is -2.57. The molecule has 1 aromatic rings. The SMILES string of the molecule is C=C[C@@]12CCc3cc(O)ccc3[C@H]1[C@@H](CCCCCCC(O)C(F)(F)C(F)(F)C(F)(F)F)C[C@@]1(C)[C@H]2CC[C@@H]1O. The Hall–Kier alpha value is -1.81. The van der Waals surface area contributed by atoms with Gasteiger partial charge < -0.3 is 15.3 Å². The summed E-state index contributed by atoms with van der Waals surface area (Å²) in [6, 6.07) is 5.47. The molecule has 3 aliphatic carbocycles. The third kappa shape index (κ3) is 4.95. The van der Waals surface area contributed by atoms with Crippen LogP contribution in [0.2, 0.25) is 0 Å². The van der Waals surface area contributed by atoms with E-state index in [0.717, 1.165) is 44.1 Å². The highest BCUT2D eigenvalue weighted by Crippen LogP contribution is 2.69. The minimum atomic E-state index is -6.46. The molecule has 3 nitrogen and oxygen atoms in total. The number of phenols is 1. The van der Waals surface area contributed by atoms with Crippen LogP contribution in [0.25, 0.3) is 0 Å². The Balaban J connectivity index is 1.43. The lowest BCUT2D eigenvalue weighted by Gasteiger charge is -2.60. The number of aryl methyl sites for hydroxylation is 1. The molecule has 1 unspecified atom stereocenters. The number of benzene rings is 1. The Morgan fingerprint density at radius 3 is 2.38 bits per heavy atom. The van der Waals surface area contributed by atoms with Gasteiger partial charge in [-0.2, -0.15) is 30.7 Å². The summed E-state index contributed by atoms with van der Waals surface area (Å²) in [4.78, 5) is 0. The molecule has 4 rings (SSSR count). The molecule has 0 saturated heterocycles. The van der Waals surface area contributed by atoms with Crippen molar-refractivity contribution < 1.29 is 46.1 Å². The van der Waals surface area contributed by atoms with Crippen LogP contribution in [-0.4, -0.2) is 45.5 Å². The lowest BCUT2D eigenvalue weighted by atomic mass is 9.44. The van der Waals surface area contributed by atoms with Gasteiger partial charge in [-0.05, 0) is 96.8 Å². The highest BCUT2D eigenvalue weighted by molar-refractivity contribution is 5.43. The van der Waals surface area contributed by atoms with Gasteiger partial charge in [0.2, 0.25) is 0 Å². The molecule has 1 aromatic carbocycles. The molecule has 10 heteroatoms. The molecule has 3 N–H and O–H groups in total. The average Bonchev–Trinajstić information content (AvgIpc) is 3.18. The number of hydrogen-bond donors (Lipinski definition) is 3. The summed E-state index contributed by atoms with van der Waals surface area (Å²) in [6.07, 6.45) is -2.61. The number of aliphatic hydroxyl groups excluding tert-OH is 2. The van der Waals surface area contributed by atoms with Crippen LogP contribution in [0, 0.1) is 22.7 Å². The van der Waals surface area contributed by atoms with Crippen molar-refractivity contribution in [1.82, 2.24) is 0 Å². The van der Waals surface area contributed by atoms with Crippen LogP contribution in [0.15, 0.2) is 30.9 Å². The Labute approximate surface area is 230 Å². The van der Waals surface area contributed by atoms with Crippen molar-refractivity contribution in [3.8, 4) is 5.75 Å². The van der Waals surface area contributed by atoms with Crippen LogP contribution in [0.1, 0.15) is 88.2 Å². The van der Waals surface area contributed by atoms with Crippen LogP contribution in [0.4, 0.5) is 30.7 Å². The molecule has 3 aliphatic rings. The molecule has 40 heavy (non-hydrogen) atoms. The van der Waals surface area contributed by atoms with Gasteiger partial charge in [0.15, 0.2) is 0 Å². The fraction of sp³-hybridized carbons (Fsp3) is 0.733. The van der Waals surface area contributed by atoms with Gasteiger partial charge in [-0.25, -0.2) is 0 Å². The van der Waals surface area contributed by atoms with Gasteiger partial charge in [-0.3, -0.25) is 0 Å². The summed E-state index contributed by atoms with van der Waals surface area (Å²) in [5.74, 6) is -11.2. The van der Waals surface area contributed by atoms with Crippen molar-refractivity contribution in [3.05, 3.63) is 42.0 Å². The van der Waals surface area contributed by atoms with E-state index in [9.17, 15) is 46.1 Å². The molecular weight excluding hydrogens is 541 g/mol. The quantitative estimate of drug-likeness (QED) is 0.150. The second-order valence-corrected chi connectivity index (χ2v) is 12.5. The Morgan fingerprint density at radius 1 is 1.05 bits per heavy atom. The third-order valence-corrected chi connectivity index (χ3v) is 10.4. The molecule has 7 atom stereocenters. The van der Waals surface area contributed by atoms with Gasteiger partial charge >= 0.3 is 18.0 Å². The van der Waals surface area contributed by atoms with E-state index in [1.165, 1.54) is 5.56 Å². The molecule has 2 fully saturated rings. The maximum absolute atomic E-state index is 13.7. The zero-order chi connectivity index (χ0) is 29.7. The standard InChI is InChI=1S/C30H39F7O3/c1-3-27-15-14-18-16-20(38)10-11-21(18)25(27)19(17-26(2)22(27)12-13-23(26)39)8-6-4-5-7-9-24(40)28(31,32)29(33,34)30(35,36)37/h3,10-11,16,19,22-25,38-40H,1,4-9,12-15,17H2,2H3/t19-,22+,23-,24?,25+,26-,27-/m0/s1. The topological polar surface area (TPSA) is 60.7 Å².